The highest BCUT2D eigenvalue weighted by molar-refractivity contribution is 5.24. The van der Waals surface area contributed by atoms with E-state index in [1.54, 1.807) is 0 Å². The van der Waals surface area contributed by atoms with Gasteiger partial charge in [-0.3, -0.25) is 4.98 Å². The van der Waals surface area contributed by atoms with Gasteiger partial charge in [-0.05, 0) is 26.0 Å². The Kier molecular flexibility index (Phi) is 17.2. The zero-order valence-corrected chi connectivity index (χ0v) is 16.4. The van der Waals surface area contributed by atoms with E-state index in [4.69, 9.17) is 4.98 Å². The summed E-state index contributed by atoms with van der Waals surface area (Å²) in [6, 6.07) is 6.23. The van der Waals surface area contributed by atoms with E-state index in [9.17, 15) is 0 Å². The van der Waals surface area contributed by atoms with Crippen LogP contribution in [0.25, 0.3) is 0 Å². The van der Waals surface area contributed by atoms with E-state index < -0.39 is 0 Å². The second kappa shape index (κ2) is 12.6. The van der Waals surface area contributed by atoms with Gasteiger partial charge in [-0.2, -0.15) is 0 Å². The van der Waals surface area contributed by atoms with Crippen molar-refractivity contribution in [1.29, 1.82) is 0 Å². The number of hydrogen-bond acceptors (Lipinski definition) is 1. The molecule has 22 heavy (non-hydrogen) atoms. The fourth-order valence-electron chi connectivity index (χ4n) is 1.87. The molecule has 0 radical (unpaired) electrons. The van der Waals surface area contributed by atoms with Crippen LogP contribution in [0.15, 0.2) is 18.2 Å². The highest BCUT2D eigenvalue weighted by atomic mass is 35.5. The Hall–Kier alpha value is 0.150. The van der Waals surface area contributed by atoms with E-state index in [-0.39, 0.29) is 60.5 Å². The lowest BCUT2D eigenvalue weighted by Gasteiger charge is -2.25. The molecule has 0 saturated carbocycles. The maximum Gasteiger partial charge on any atom is 0.107 e. The minimum Gasteiger partial charge on any atom is -1.00 e. The molecule has 1 heterocycles. The van der Waals surface area contributed by atoms with Crippen LogP contribution < -0.4 is 72.6 Å². The van der Waals surface area contributed by atoms with Gasteiger partial charge >= 0.3 is 0 Å². The number of halogens is 4. The molecule has 0 atom stereocenters. The van der Waals surface area contributed by atoms with Crippen LogP contribution >= 0.6 is 0 Å². The third-order valence-corrected chi connectivity index (χ3v) is 4.19. The SMILES string of the molecule is CC(C[NH3+])(C[NH3+])c1cccc(C(C)(C[NH3+])C[NH3+])n1.[Cl-].[Cl-].[Cl-].[Cl-]. The molecule has 0 aliphatic heterocycles. The first-order valence-corrected chi connectivity index (χ1v) is 6.61. The van der Waals surface area contributed by atoms with Crippen LogP contribution in [0.3, 0.4) is 0 Å². The van der Waals surface area contributed by atoms with E-state index >= 15 is 0 Å². The van der Waals surface area contributed by atoms with Crippen molar-refractivity contribution in [3.8, 4) is 0 Å². The van der Waals surface area contributed by atoms with Gasteiger partial charge in [0.1, 0.15) is 10.8 Å². The maximum atomic E-state index is 4.84. The van der Waals surface area contributed by atoms with Crippen LogP contribution in [-0.4, -0.2) is 31.2 Å². The molecule has 1 aromatic rings. The Labute approximate surface area is 158 Å². The lowest BCUT2D eigenvalue weighted by atomic mass is 9.83. The Bertz CT molecular complexity index is 365. The standard InChI is InChI=1S/C13H25N5.4ClH/c1-12(6-14,7-15)10-4-3-5-11(18-10)13(2,8-16)9-17;;;;/h3-5H,6-9,14-17H2,1-2H3;4*1H. The Morgan fingerprint density at radius 3 is 1.23 bits per heavy atom. The van der Waals surface area contributed by atoms with Crippen LogP contribution in [0, 0.1) is 0 Å². The minimum atomic E-state index is -0.0424. The van der Waals surface area contributed by atoms with Gasteiger partial charge in [-0.1, -0.05) is 6.07 Å². The van der Waals surface area contributed by atoms with Gasteiger partial charge in [0.25, 0.3) is 0 Å². The first-order valence-electron chi connectivity index (χ1n) is 6.61. The second-order valence-electron chi connectivity index (χ2n) is 5.53. The van der Waals surface area contributed by atoms with Crippen molar-refractivity contribution in [2.24, 2.45) is 0 Å². The summed E-state index contributed by atoms with van der Waals surface area (Å²) in [5.41, 5.74) is 18.2. The van der Waals surface area contributed by atoms with Crippen LogP contribution in [-0.2, 0) is 10.8 Å². The molecule has 12 N–H and O–H groups in total. The summed E-state index contributed by atoms with van der Waals surface area (Å²) in [6.07, 6.45) is 0. The topological polar surface area (TPSA) is 123 Å². The predicted octanol–water partition coefficient (Wildman–Crippen LogP) is -15.4. The van der Waals surface area contributed by atoms with Crippen LogP contribution in [0.1, 0.15) is 25.2 Å². The first kappa shape index (κ1) is 30.1. The normalized spacial score (nSPS) is 10.5. The van der Waals surface area contributed by atoms with Crippen molar-refractivity contribution in [2.45, 2.75) is 24.7 Å². The minimum absolute atomic E-state index is 0. The molecule has 0 amide bonds. The van der Waals surface area contributed by atoms with Crippen LogP contribution in [0.4, 0.5) is 0 Å². The summed E-state index contributed by atoms with van der Waals surface area (Å²) in [4.78, 5) is 4.84. The van der Waals surface area contributed by atoms with Gasteiger partial charge in [0.15, 0.2) is 0 Å². The Morgan fingerprint density at radius 1 is 0.727 bits per heavy atom. The van der Waals surface area contributed by atoms with Gasteiger partial charge in [-0.15, -0.1) is 0 Å². The molecule has 9 heteroatoms. The summed E-state index contributed by atoms with van der Waals surface area (Å²) in [5, 5.41) is 0. The summed E-state index contributed by atoms with van der Waals surface area (Å²) < 4.78 is 0. The summed E-state index contributed by atoms with van der Waals surface area (Å²) in [6.45, 7) is 7.56. The lowest BCUT2D eigenvalue weighted by molar-refractivity contribution is -0.427. The molecule has 0 aliphatic carbocycles. The Balaban J connectivity index is -0.000000405. The van der Waals surface area contributed by atoms with Crippen molar-refractivity contribution >= 4 is 0 Å². The van der Waals surface area contributed by atoms with Gasteiger partial charge in [0.05, 0.1) is 37.6 Å². The molecule has 0 aliphatic rings. The predicted molar refractivity (Wildman–Crippen MR) is 70.0 cm³/mol. The molecule has 0 aromatic carbocycles. The molecular weight excluding hydrogens is 368 g/mol. The van der Waals surface area contributed by atoms with E-state index in [0.717, 1.165) is 37.6 Å². The second-order valence-corrected chi connectivity index (χ2v) is 5.53. The quantitative estimate of drug-likeness (QED) is 0.374. The number of pyridine rings is 1. The number of rotatable bonds is 6. The first-order chi connectivity index (χ1) is 8.45. The molecule has 0 bridgehead atoms. The highest BCUT2D eigenvalue weighted by Crippen LogP contribution is 2.23. The molecule has 134 valence electrons. The van der Waals surface area contributed by atoms with Crippen molar-refractivity contribution in [1.82, 2.24) is 4.98 Å². The zero-order valence-electron chi connectivity index (χ0n) is 13.3. The van der Waals surface area contributed by atoms with Crippen molar-refractivity contribution in [3.05, 3.63) is 29.6 Å². The van der Waals surface area contributed by atoms with Crippen LogP contribution in [0.5, 0.6) is 0 Å². The molecule has 1 rings (SSSR count). The van der Waals surface area contributed by atoms with Crippen molar-refractivity contribution in [3.63, 3.8) is 0 Å². The lowest BCUT2D eigenvalue weighted by Crippen LogP contribution is -3.00. The molecular formula is C13H29Cl4N5. The molecule has 5 nitrogen and oxygen atoms in total. The third kappa shape index (κ3) is 6.34. The monoisotopic (exact) mass is 395 g/mol. The Morgan fingerprint density at radius 2 is 1.00 bits per heavy atom. The summed E-state index contributed by atoms with van der Waals surface area (Å²) in [7, 11) is 0. The largest absolute Gasteiger partial charge is 1.00 e. The maximum absolute atomic E-state index is 4.84. The number of aromatic nitrogens is 1. The fraction of sp³-hybridized carbons (Fsp3) is 0.615. The molecule has 0 unspecified atom stereocenters. The number of hydrogen-bond donors (Lipinski definition) is 4. The van der Waals surface area contributed by atoms with E-state index in [1.165, 1.54) is 0 Å². The van der Waals surface area contributed by atoms with E-state index in [2.05, 4.69) is 55.0 Å². The van der Waals surface area contributed by atoms with Gasteiger partial charge in [-0.25, -0.2) is 0 Å². The molecule has 1 aromatic heterocycles. The van der Waals surface area contributed by atoms with E-state index in [1.807, 2.05) is 0 Å². The van der Waals surface area contributed by atoms with Gasteiger partial charge in [0.2, 0.25) is 0 Å². The number of quaternary nitrogens is 4. The molecule has 0 spiro atoms. The molecule has 0 saturated heterocycles. The summed E-state index contributed by atoms with van der Waals surface area (Å²) >= 11 is 0. The third-order valence-electron chi connectivity index (χ3n) is 4.19. The van der Waals surface area contributed by atoms with Crippen molar-refractivity contribution in [2.75, 3.05) is 26.2 Å². The molecule has 0 fully saturated rings. The summed E-state index contributed by atoms with van der Waals surface area (Å²) in [5.74, 6) is 0. The highest BCUT2D eigenvalue weighted by Gasteiger charge is 2.34. The van der Waals surface area contributed by atoms with E-state index in [0.29, 0.717) is 0 Å². The van der Waals surface area contributed by atoms with Gasteiger partial charge in [0, 0.05) is 0 Å². The van der Waals surface area contributed by atoms with Crippen LogP contribution in [0.2, 0.25) is 0 Å². The average Bonchev–Trinajstić information content (AvgIpc) is 2.45. The number of nitrogens with zero attached hydrogens (tertiary/aromatic N) is 1. The van der Waals surface area contributed by atoms with Gasteiger partial charge < -0.3 is 72.6 Å². The zero-order chi connectivity index (χ0) is 13.8. The smallest absolute Gasteiger partial charge is 0.107 e. The average molecular weight is 397 g/mol. The van der Waals surface area contributed by atoms with Crippen molar-refractivity contribution < 1.29 is 72.6 Å². The fourth-order valence-corrected chi connectivity index (χ4v) is 1.87.